The van der Waals surface area contributed by atoms with Gasteiger partial charge in [-0.05, 0) is 72.3 Å². The van der Waals surface area contributed by atoms with Crippen LogP contribution in [0.4, 0.5) is 0 Å². The summed E-state index contributed by atoms with van der Waals surface area (Å²) >= 11 is 13.2. The van der Waals surface area contributed by atoms with Crippen LogP contribution in [-0.4, -0.2) is 23.8 Å². The van der Waals surface area contributed by atoms with Crippen LogP contribution in [0.2, 0.25) is 5.02 Å². The van der Waals surface area contributed by atoms with E-state index < -0.39 is 12.0 Å². The van der Waals surface area contributed by atoms with Gasteiger partial charge in [-0.15, -0.1) is 0 Å². The first-order valence-corrected chi connectivity index (χ1v) is 15.5. The second-order valence-electron chi connectivity index (χ2n) is 8.72. The van der Waals surface area contributed by atoms with Crippen molar-refractivity contribution in [1.29, 1.82) is 0 Å². The Hall–Kier alpha value is -2.73. The standard InChI is InChI=1S/C30H23BrClIN2O4S/c1-3-38-27-19(14-20(31)16-22(27)33)15-23-28(36)35-26(18-10-12-21(32)13-11-18)24(29(37)39-4-2)25(34-30(35)40-23)17-8-6-5-7-9-17/h5-16,26H,3-4H2,1-2H3/b23-15-/t26-/m0/s1. The second-order valence-corrected chi connectivity index (χ2v) is 12.2. The van der Waals surface area contributed by atoms with Gasteiger partial charge in [0.2, 0.25) is 0 Å². The van der Waals surface area contributed by atoms with Gasteiger partial charge in [0.1, 0.15) is 5.75 Å². The van der Waals surface area contributed by atoms with Gasteiger partial charge < -0.3 is 9.47 Å². The van der Waals surface area contributed by atoms with Gasteiger partial charge in [0, 0.05) is 20.6 Å². The zero-order chi connectivity index (χ0) is 28.4. The molecule has 0 aliphatic carbocycles. The molecular weight excluding hydrogens is 727 g/mol. The fourth-order valence-electron chi connectivity index (χ4n) is 4.53. The Kier molecular flexibility index (Phi) is 8.94. The van der Waals surface area contributed by atoms with Crippen molar-refractivity contribution in [2.45, 2.75) is 19.9 Å². The number of esters is 1. The van der Waals surface area contributed by atoms with Gasteiger partial charge in [0.15, 0.2) is 4.80 Å². The molecule has 0 amide bonds. The van der Waals surface area contributed by atoms with Gasteiger partial charge >= 0.3 is 5.97 Å². The summed E-state index contributed by atoms with van der Waals surface area (Å²) in [6.45, 7) is 4.34. The third-order valence-corrected chi connectivity index (χ3v) is 8.67. The van der Waals surface area contributed by atoms with Crippen molar-refractivity contribution in [2.75, 3.05) is 13.2 Å². The predicted molar refractivity (Wildman–Crippen MR) is 171 cm³/mol. The van der Waals surface area contributed by atoms with E-state index >= 15 is 0 Å². The first kappa shape index (κ1) is 28.8. The Morgan fingerprint density at radius 1 is 1.12 bits per heavy atom. The Morgan fingerprint density at radius 3 is 2.52 bits per heavy atom. The molecule has 1 aliphatic heterocycles. The summed E-state index contributed by atoms with van der Waals surface area (Å²) in [5.41, 5.74) is 2.73. The number of carbonyl (C=O) groups excluding carboxylic acids is 1. The molecule has 1 aromatic heterocycles. The molecule has 0 fully saturated rings. The minimum atomic E-state index is -0.765. The van der Waals surface area contributed by atoms with Crippen molar-refractivity contribution in [2.24, 2.45) is 4.99 Å². The van der Waals surface area contributed by atoms with Crippen molar-refractivity contribution in [1.82, 2.24) is 4.57 Å². The van der Waals surface area contributed by atoms with E-state index in [0.717, 1.165) is 24.7 Å². The lowest BCUT2D eigenvalue weighted by atomic mass is 9.93. The lowest BCUT2D eigenvalue weighted by molar-refractivity contribution is -0.138. The van der Waals surface area contributed by atoms with Gasteiger partial charge in [-0.25, -0.2) is 9.79 Å². The molecule has 0 unspecified atom stereocenters. The van der Waals surface area contributed by atoms with Gasteiger partial charge in [-0.3, -0.25) is 9.36 Å². The molecule has 3 aromatic carbocycles. The third kappa shape index (κ3) is 5.70. The Bertz CT molecular complexity index is 1800. The van der Waals surface area contributed by atoms with Gasteiger partial charge in [-0.2, -0.15) is 0 Å². The van der Waals surface area contributed by atoms with Crippen molar-refractivity contribution >= 4 is 79.2 Å². The highest BCUT2D eigenvalue weighted by Gasteiger charge is 2.35. The van der Waals surface area contributed by atoms with E-state index in [0.29, 0.717) is 38.0 Å². The van der Waals surface area contributed by atoms with Crippen molar-refractivity contribution in [3.63, 3.8) is 0 Å². The van der Waals surface area contributed by atoms with E-state index in [1.807, 2.05) is 67.6 Å². The number of halogens is 3. The predicted octanol–water partition coefficient (Wildman–Crippen LogP) is 6.35. The van der Waals surface area contributed by atoms with E-state index in [1.54, 1.807) is 23.6 Å². The van der Waals surface area contributed by atoms with Crippen LogP contribution in [0.3, 0.4) is 0 Å². The summed E-state index contributed by atoms with van der Waals surface area (Å²) in [6.07, 6.45) is 1.82. The molecule has 40 heavy (non-hydrogen) atoms. The van der Waals surface area contributed by atoms with Crippen LogP contribution in [0.25, 0.3) is 11.8 Å². The smallest absolute Gasteiger partial charge is 0.338 e. The van der Waals surface area contributed by atoms with Crippen LogP contribution in [0.15, 0.2) is 86.6 Å². The molecule has 10 heteroatoms. The highest BCUT2D eigenvalue weighted by Crippen LogP contribution is 2.36. The third-order valence-electron chi connectivity index (χ3n) is 6.17. The molecule has 0 saturated heterocycles. The van der Waals surface area contributed by atoms with Crippen molar-refractivity contribution in [3.05, 3.63) is 122 Å². The van der Waals surface area contributed by atoms with E-state index in [2.05, 4.69) is 38.5 Å². The molecule has 1 atom stereocenters. The zero-order valence-corrected chi connectivity index (χ0v) is 26.8. The topological polar surface area (TPSA) is 69.9 Å². The molecule has 0 saturated carbocycles. The number of fused-ring (bicyclic) bond motifs is 1. The first-order valence-electron chi connectivity index (χ1n) is 12.5. The average molecular weight is 750 g/mol. The Labute approximate surface area is 261 Å². The van der Waals surface area contributed by atoms with E-state index in [9.17, 15) is 9.59 Å². The number of thiazole rings is 1. The molecular formula is C30H23BrClIN2O4S. The summed E-state index contributed by atoms with van der Waals surface area (Å²) in [4.78, 5) is 33.0. The molecule has 4 aromatic rings. The molecule has 204 valence electrons. The van der Waals surface area contributed by atoms with Crippen LogP contribution in [0.5, 0.6) is 5.75 Å². The largest absolute Gasteiger partial charge is 0.492 e. The number of carbonyl (C=O) groups is 1. The maximum absolute atomic E-state index is 14.1. The molecule has 5 rings (SSSR count). The van der Waals surface area contributed by atoms with E-state index in [4.69, 9.17) is 26.1 Å². The summed E-state index contributed by atoms with van der Waals surface area (Å²) in [6, 6.07) is 19.7. The number of aromatic nitrogens is 1. The number of hydrogen-bond donors (Lipinski definition) is 0. The van der Waals surface area contributed by atoms with E-state index in [-0.39, 0.29) is 12.2 Å². The summed E-state index contributed by atoms with van der Waals surface area (Å²) < 4.78 is 15.3. The molecule has 1 aliphatic rings. The fraction of sp³-hybridized carbons (Fsp3) is 0.167. The highest BCUT2D eigenvalue weighted by atomic mass is 127. The molecule has 0 radical (unpaired) electrons. The number of nitrogens with zero attached hydrogens (tertiary/aromatic N) is 2. The first-order chi connectivity index (χ1) is 19.3. The van der Waals surface area contributed by atoms with Crippen LogP contribution >= 0.6 is 61.5 Å². The molecule has 2 heterocycles. The quantitative estimate of drug-likeness (QED) is 0.163. The number of hydrogen-bond acceptors (Lipinski definition) is 6. The van der Waals surface area contributed by atoms with Crippen LogP contribution in [0.1, 0.15) is 36.6 Å². The SMILES string of the molecule is CCOC(=O)C1=C(c2ccccc2)N=c2s/c(=C\c3cc(Br)cc(I)c3OCC)c(=O)n2[C@H]1c1ccc(Cl)cc1. The molecule has 0 bridgehead atoms. The maximum Gasteiger partial charge on any atom is 0.338 e. The lowest BCUT2D eigenvalue weighted by Crippen LogP contribution is -2.40. The summed E-state index contributed by atoms with van der Waals surface area (Å²) in [7, 11) is 0. The monoisotopic (exact) mass is 748 g/mol. The zero-order valence-electron chi connectivity index (χ0n) is 21.5. The Morgan fingerprint density at radius 2 is 1.85 bits per heavy atom. The summed E-state index contributed by atoms with van der Waals surface area (Å²) in [5, 5.41) is 0.550. The maximum atomic E-state index is 14.1. The minimum Gasteiger partial charge on any atom is -0.492 e. The average Bonchev–Trinajstić information content (AvgIpc) is 3.25. The van der Waals surface area contributed by atoms with Crippen LogP contribution in [-0.2, 0) is 9.53 Å². The van der Waals surface area contributed by atoms with Gasteiger partial charge in [-0.1, -0.05) is 81.3 Å². The van der Waals surface area contributed by atoms with Crippen LogP contribution in [0, 0.1) is 3.57 Å². The molecule has 6 nitrogen and oxygen atoms in total. The molecule has 0 spiro atoms. The normalized spacial score (nSPS) is 15.0. The lowest BCUT2D eigenvalue weighted by Gasteiger charge is -2.26. The van der Waals surface area contributed by atoms with Gasteiger partial charge in [0.25, 0.3) is 5.56 Å². The Balaban J connectivity index is 1.83. The van der Waals surface area contributed by atoms with Gasteiger partial charge in [0.05, 0.1) is 38.6 Å². The van der Waals surface area contributed by atoms with E-state index in [1.165, 1.54) is 11.3 Å². The highest BCUT2D eigenvalue weighted by molar-refractivity contribution is 14.1. The number of ether oxygens (including phenoxy) is 2. The number of benzene rings is 3. The van der Waals surface area contributed by atoms with Crippen LogP contribution < -0.4 is 19.6 Å². The number of rotatable bonds is 7. The summed E-state index contributed by atoms with van der Waals surface area (Å²) in [5.74, 6) is 0.170. The fourth-order valence-corrected chi connectivity index (χ4v) is 7.35. The minimum absolute atomic E-state index is 0.184. The second kappa shape index (κ2) is 12.4. The van der Waals surface area contributed by atoms with Crippen molar-refractivity contribution < 1.29 is 14.3 Å². The molecule has 0 N–H and O–H groups in total. The van der Waals surface area contributed by atoms with Crippen molar-refractivity contribution in [3.8, 4) is 5.75 Å².